The topological polar surface area (TPSA) is 111 Å². The molecule has 0 unspecified atom stereocenters. The monoisotopic (exact) mass is 553 g/mol. The van der Waals surface area contributed by atoms with Crippen LogP contribution in [-0.2, 0) is 4.79 Å². The van der Waals surface area contributed by atoms with Gasteiger partial charge in [0, 0.05) is 36.4 Å². The highest BCUT2D eigenvalue weighted by Gasteiger charge is 2.38. The Labute approximate surface area is 221 Å². The molecule has 2 aliphatic carbocycles. The van der Waals surface area contributed by atoms with Gasteiger partial charge in [0.2, 0.25) is 23.7 Å². The number of benzene rings is 1. The minimum absolute atomic E-state index is 0.142. The first kappa shape index (κ1) is 26.5. The van der Waals surface area contributed by atoms with Crippen LogP contribution < -0.4 is 16.4 Å². The van der Waals surface area contributed by atoms with E-state index in [0.717, 1.165) is 12.1 Å². The second-order valence-corrected chi connectivity index (χ2v) is 10.9. The SMILES string of the molecule is CC1(C(N)=O)CCC(n2c(Nc3c(F)cc(F)cc3Cl)nc3cnc(NC4CCC(F)(F)CC4)nc32)CC1. The molecule has 3 aromatic rings. The molecule has 2 saturated carbocycles. The number of nitrogens with two attached hydrogens (primary N) is 1. The molecule has 5 rings (SSSR count). The molecular weight excluding hydrogens is 526 g/mol. The second kappa shape index (κ2) is 9.87. The average Bonchev–Trinajstić information content (AvgIpc) is 3.20. The Hall–Kier alpha value is -3.15. The lowest BCUT2D eigenvalue weighted by atomic mass is 9.73. The molecular formula is C25H28ClF4N7O. The smallest absolute Gasteiger partial charge is 0.248 e. The third kappa shape index (κ3) is 5.23. The third-order valence-electron chi connectivity index (χ3n) is 7.75. The highest BCUT2D eigenvalue weighted by Crippen LogP contribution is 2.43. The first-order valence-electron chi connectivity index (χ1n) is 12.5. The van der Waals surface area contributed by atoms with Crippen LogP contribution in [0, 0.1) is 17.0 Å². The van der Waals surface area contributed by atoms with E-state index in [0.29, 0.717) is 36.8 Å². The minimum Gasteiger partial charge on any atom is -0.369 e. The number of hydrogen-bond acceptors (Lipinski definition) is 6. The Morgan fingerprint density at radius 2 is 1.79 bits per heavy atom. The molecule has 2 aromatic heterocycles. The molecule has 0 bridgehead atoms. The van der Waals surface area contributed by atoms with E-state index in [2.05, 4.69) is 25.6 Å². The Morgan fingerprint density at radius 3 is 2.42 bits per heavy atom. The largest absolute Gasteiger partial charge is 0.369 e. The fourth-order valence-electron chi connectivity index (χ4n) is 5.28. The van der Waals surface area contributed by atoms with Crippen molar-refractivity contribution in [2.24, 2.45) is 11.1 Å². The summed E-state index contributed by atoms with van der Waals surface area (Å²) in [7, 11) is 0. The number of imidazole rings is 1. The second-order valence-electron chi connectivity index (χ2n) is 10.5. The Bertz CT molecular complexity index is 1340. The van der Waals surface area contributed by atoms with Crippen LogP contribution >= 0.6 is 11.6 Å². The van der Waals surface area contributed by atoms with Crippen LogP contribution in [-0.4, -0.2) is 37.4 Å². The lowest BCUT2D eigenvalue weighted by Gasteiger charge is -2.35. The predicted molar refractivity (Wildman–Crippen MR) is 136 cm³/mol. The number of nitrogens with one attached hydrogen (secondary N) is 2. The van der Waals surface area contributed by atoms with Gasteiger partial charge in [-0.2, -0.15) is 4.98 Å². The third-order valence-corrected chi connectivity index (χ3v) is 8.04. The van der Waals surface area contributed by atoms with Gasteiger partial charge in [0.15, 0.2) is 11.5 Å². The van der Waals surface area contributed by atoms with Crippen molar-refractivity contribution in [2.75, 3.05) is 10.6 Å². The van der Waals surface area contributed by atoms with Gasteiger partial charge in [0.25, 0.3) is 0 Å². The molecule has 4 N–H and O–H groups in total. The molecule has 8 nitrogen and oxygen atoms in total. The number of hydrogen-bond donors (Lipinski definition) is 3. The number of alkyl halides is 2. The standard InChI is InChI=1S/C25H28ClF4N7O/c1-24(21(31)38)6-4-15(5-7-24)37-20-18(34-23(37)35-19-16(26)10-13(27)11-17(19)28)12-32-22(36-20)33-14-2-8-25(29,30)9-3-14/h10-12,14-15H,2-9H2,1H3,(H2,31,38)(H,34,35)(H,32,33,36). The van der Waals surface area contributed by atoms with Gasteiger partial charge >= 0.3 is 0 Å². The quantitative estimate of drug-likeness (QED) is 0.318. The molecule has 0 aliphatic heterocycles. The highest BCUT2D eigenvalue weighted by molar-refractivity contribution is 6.33. The number of rotatable bonds is 6. The summed E-state index contributed by atoms with van der Waals surface area (Å²) >= 11 is 6.13. The number of nitrogens with zero attached hydrogens (tertiary/aromatic N) is 4. The highest BCUT2D eigenvalue weighted by atomic mass is 35.5. The molecule has 2 heterocycles. The zero-order valence-corrected chi connectivity index (χ0v) is 21.5. The predicted octanol–water partition coefficient (Wildman–Crippen LogP) is 6.10. The number of fused-ring (bicyclic) bond motifs is 1. The van der Waals surface area contributed by atoms with Crippen LogP contribution in [0.25, 0.3) is 11.2 Å². The molecule has 1 aromatic carbocycles. The van der Waals surface area contributed by atoms with Crippen LogP contribution in [0.2, 0.25) is 5.02 Å². The Morgan fingerprint density at radius 1 is 1.11 bits per heavy atom. The van der Waals surface area contributed by atoms with Crippen LogP contribution in [0.15, 0.2) is 18.3 Å². The van der Waals surface area contributed by atoms with E-state index in [9.17, 15) is 22.4 Å². The van der Waals surface area contributed by atoms with Crippen LogP contribution in [0.5, 0.6) is 0 Å². The lowest BCUT2D eigenvalue weighted by Crippen LogP contribution is -2.38. The normalized spacial score (nSPS) is 23.9. The maximum absolute atomic E-state index is 14.6. The van der Waals surface area contributed by atoms with Gasteiger partial charge in [-0.3, -0.25) is 9.36 Å². The van der Waals surface area contributed by atoms with Crippen LogP contribution in [0.3, 0.4) is 0 Å². The van der Waals surface area contributed by atoms with Crippen molar-refractivity contribution in [3.8, 4) is 0 Å². The molecule has 38 heavy (non-hydrogen) atoms. The lowest BCUT2D eigenvalue weighted by molar-refractivity contribution is -0.128. The van der Waals surface area contributed by atoms with E-state index in [1.165, 1.54) is 6.20 Å². The maximum Gasteiger partial charge on any atom is 0.248 e. The summed E-state index contributed by atoms with van der Waals surface area (Å²) in [6.45, 7) is 1.84. The van der Waals surface area contributed by atoms with E-state index >= 15 is 0 Å². The Balaban J connectivity index is 1.50. The zero-order valence-electron chi connectivity index (χ0n) is 20.7. The number of primary amides is 1. The number of amides is 1. The summed E-state index contributed by atoms with van der Waals surface area (Å²) in [6.07, 6.45) is 3.88. The first-order valence-corrected chi connectivity index (χ1v) is 12.9. The summed E-state index contributed by atoms with van der Waals surface area (Å²) < 4.78 is 57.2. The summed E-state index contributed by atoms with van der Waals surface area (Å²) in [5.41, 5.74) is 5.70. The van der Waals surface area contributed by atoms with E-state index in [4.69, 9.17) is 17.3 Å². The molecule has 204 valence electrons. The number of anilines is 3. The van der Waals surface area contributed by atoms with E-state index in [-0.39, 0.29) is 66.3 Å². The summed E-state index contributed by atoms with van der Waals surface area (Å²) in [5, 5.41) is 5.88. The molecule has 2 aliphatic rings. The van der Waals surface area contributed by atoms with Crippen molar-refractivity contribution in [3.63, 3.8) is 0 Å². The van der Waals surface area contributed by atoms with Gasteiger partial charge < -0.3 is 16.4 Å². The summed E-state index contributed by atoms with van der Waals surface area (Å²) in [6, 6.07) is 1.34. The fourth-order valence-corrected chi connectivity index (χ4v) is 5.52. The van der Waals surface area contributed by atoms with Crippen molar-refractivity contribution in [2.45, 2.75) is 76.3 Å². The maximum atomic E-state index is 14.6. The molecule has 0 saturated heterocycles. The number of aromatic nitrogens is 4. The van der Waals surface area contributed by atoms with Gasteiger partial charge in [-0.1, -0.05) is 18.5 Å². The van der Waals surface area contributed by atoms with E-state index < -0.39 is 23.0 Å². The summed E-state index contributed by atoms with van der Waals surface area (Å²) in [4.78, 5) is 25.5. The number of halogens is 5. The molecule has 0 radical (unpaired) electrons. The van der Waals surface area contributed by atoms with Crippen LogP contribution in [0.4, 0.5) is 35.1 Å². The molecule has 1 amide bonds. The van der Waals surface area contributed by atoms with E-state index in [1.807, 2.05) is 6.92 Å². The van der Waals surface area contributed by atoms with Gasteiger partial charge in [-0.15, -0.1) is 0 Å². The molecule has 2 fully saturated rings. The van der Waals surface area contributed by atoms with Crippen LogP contribution in [0.1, 0.15) is 64.3 Å². The van der Waals surface area contributed by atoms with Gasteiger partial charge in [0.1, 0.15) is 11.3 Å². The van der Waals surface area contributed by atoms with Crippen molar-refractivity contribution in [3.05, 3.63) is 35.0 Å². The molecule has 13 heteroatoms. The van der Waals surface area contributed by atoms with Gasteiger partial charge in [-0.25, -0.2) is 27.5 Å². The van der Waals surface area contributed by atoms with Gasteiger partial charge in [0.05, 0.1) is 16.9 Å². The first-order chi connectivity index (χ1) is 17.9. The summed E-state index contributed by atoms with van der Waals surface area (Å²) in [5.74, 6) is -4.22. The zero-order chi connectivity index (χ0) is 27.2. The number of carbonyl (C=O) groups is 1. The Kier molecular flexibility index (Phi) is 6.87. The number of carbonyl (C=O) groups excluding carboxylic acids is 1. The van der Waals surface area contributed by atoms with Crippen molar-refractivity contribution < 1.29 is 22.4 Å². The minimum atomic E-state index is -2.65. The average molecular weight is 554 g/mol. The molecule has 0 atom stereocenters. The van der Waals surface area contributed by atoms with Crippen molar-refractivity contribution in [1.29, 1.82) is 0 Å². The fraction of sp³-hybridized carbons (Fsp3) is 0.520. The van der Waals surface area contributed by atoms with E-state index in [1.54, 1.807) is 4.57 Å². The molecule has 0 spiro atoms. The van der Waals surface area contributed by atoms with Crippen molar-refractivity contribution in [1.82, 2.24) is 19.5 Å². The van der Waals surface area contributed by atoms with Gasteiger partial charge in [-0.05, 0) is 44.6 Å². The van der Waals surface area contributed by atoms with Crippen molar-refractivity contribution >= 4 is 46.3 Å².